The van der Waals surface area contributed by atoms with Crippen molar-refractivity contribution in [2.75, 3.05) is 25.1 Å². The van der Waals surface area contributed by atoms with Gasteiger partial charge in [0.25, 0.3) is 5.91 Å². The van der Waals surface area contributed by atoms with Gasteiger partial charge in [-0.25, -0.2) is 18.2 Å². The lowest BCUT2D eigenvalue weighted by Crippen LogP contribution is -2.13. The van der Waals surface area contributed by atoms with E-state index in [2.05, 4.69) is 10.3 Å². The fourth-order valence-electron chi connectivity index (χ4n) is 2.72. The number of anilines is 1. The van der Waals surface area contributed by atoms with Crippen LogP contribution in [0.2, 0.25) is 0 Å². The summed E-state index contributed by atoms with van der Waals surface area (Å²) < 4.78 is 57.6. The van der Waals surface area contributed by atoms with Gasteiger partial charge < -0.3 is 14.2 Å². The molecular formula is C20H19F3N2O4S. The summed E-state index contributed by atoms with van der Waals surface area (Å²) in [7, 11) is 0. The van der Waals surface area contributed by atoms with E-state index in [9.17, 15) is 18.0 Å². The van der Waals surface area contributed by atoms with Crippen molar-refractivity contribution >= 4 is 32.6 Å². The first-order valence-electron chi connectivity index (χ1n) is 9.21. The summed E-state index contributed by atoms with van der Waals surface area (Å²) in [6, 6.07) is 3.80. The highest BCUT2D eigenvalue weighted by Crippen LogP contribution is 2.39. The molecule has 0 aliphatic carbocycles. The second-order valence-corrected chi connectivity index (χ2v) is 6.94. The highest BCUT2D eigenvalue weighted by molar-refractivity contribution is 7.22. The molecule has 0 fully saturated rings. The van der Waals surface area contributed by atoms with Crippen LogP contribution in [0.4, 0.5) is 18.3 Å². The number of carbonyl (C=O) groups excluding carboxylic acids is 1. The Hall–Kier alpha value is -3.01. The zero-order valence-corrected chi connectivity index (χ0v) is 17.3. The minimum atomic E-state index is -1.61. The van der Waals surface area contributed by atoms with Gasteiger partial charge in [-0.05, 0) is 39.0 Å². The molecule has 0 radical (unpaired) electrons. The number of rotatable bonds is 8. The predicted octanol–water partition coefficient (Wildman–Crippen LogP) is 5.16. The Morgan fingerprint density at radius 2 is 1.57 bits per heavy atom. The minimum absolute atomic E-state index is 0.0105. The fourth-order valence-corrected chi connectivity index (χ4v) is 3.60. The van der Waals surface area contributed by atoms with Crippen LogP contribution in [0.5, 0.6) is 17.2 Å². The van der Waals surface area contributed by atoms with Crippen LogP contribution in [-0.4, -0.2) is 30.7 Å². The van der Waals surface area contributed by atoms with Crippen molar-refractivity contribution in [3.63, 3.8) is 0 Å². The van der Waals surface area contributed by atoms with Crippen molar-refractivity contribution in [1.29, 1.82) is 0 Å². The van der Waals surface area contributed by atoms with Gasteiger partial charge in [-0.2, -0.15) is 0 Å². The van der Waals surface area contributed by atoms with E-state index in [0.29, 0.717) is 37.1 Å². The number of aromatic nitrogens is 1. The normalized spacial score (nSPS) is 10.9. The quantitative estimate of drug-likeness (QED) is 0.490. The highest BCUT2D eigenvalue weighted by Gasteiger charge is 2.21. The van der Waals surface area contributed by atoms with Crippen molar-refractivity contribution in [1.82, 2.24) is 4.98 Å². The van der Waals surface area contributed by atoms with Crippen LogP contribution in [0.1, 0.15) is 31.1 Å². The second-order valence-electron chi connectivity index (χ2n) is 5.91. The molecule has 0 aliphatic rings. The summed E-state index contributed by atoms with van der Waals surface area (Å²) in [6.45, 7) is 6.43. The predicted molar refractivity (Wildman–Crippen MR) is 107 cm³/mol. The van der Waals surface area contributed by atoms with Gasteiger partial charge in [-0.15, -0.1) is 0 Å². The number of nitrogens with zero attached hydrogens (tertiary/aromatic N) is 1. The average Bonchev–Trinajstić information content (AvgIpc) is 3.11. The van der Waals surface area contributed by atoms with Crippen molar-refractivity contribution in [3.05, 3.63) is 41.2 Å². The molecule has 0 saturated carbocycles. The summed E-state index contributed by atoms with van der Waals surface area (Å²) in [5.41, 5.74) is -0.173. The van der Waals surface area contributed by atoms with E-state index in [1.54, 1.807) is 13.8 Å². The van der Waals surface area contributed by atoms with E-state index in [1.807, 2.05) is 6.92 Å². The first kappa shape index (κ1) is 21.7. The lowest BCUT2D eigenvalue weighted by Gasteiger charge is -2.16. The molecule has 1 heterocycles. The molecule has 10 heteroatoms. The molecule has 3 aromatic rings. The minimum Gasteiger partial charge on any atom is -0.490 e. The Kier molecular flexibility index (Phi) is 6.66. The summed E-state index contributed by atoms with van der Waals surface area (Å²) >= 11 is 0.821. The topological polar surface area (TPSA) is 69.7 Å². The lowest BCUT2D eigenvalue weighted by molar-refractivity contribution is 0.102. The maximum atomic E-state index is 13.9. The summed E-state index contributed by atoms with van der Waals surface area (Å²) in [4.78, 5) is 16.6. The van der Waals surface area contributed by atoms with Gasteiger partial charge in [0.05, 0.1) is 24.5 Å². The number of ether oxygens (including phenoxy) is 3. The van der Waals surface area contributed by atoms with Gasteiger partial charge in [0, 0.05) is 5.56 Å². The van der Waals surface area contributed by atoms with Gasteiger partial charge in [0.2, 0.25) is 5.75 Å². The number of hydrogen-bond acceptors (Lipinski definition) is 6. The molecule has 30 heavy (non-hydrogen) atoms. The molecule has 1 aromatic heterocycles. The molecule has 160 valence electrons. The summed E-state index contributed by atoms with van der Waals surface area (Å²) in [5.74, 6) is -3.88. The highest BCUT2D eigenvalue weighted by atomic mass is 32.1. The maximum Gasteiger partial charge on any atom is 0.257 e. The number of nitrogens with one attached hydrogen (secondary N) is 1. The molecule has 1 amide bonds. The Morgan fingerprint density at radius 3 is 2.13 bits per heavy atom. The Bertz CT molecular complexity index is 1060. The molecule has 0 unspecified atom stereocenters. The van der Waals surface area contributed by atoms with Gasteiger partial charge in [-0.3, -0.25) is 10.1 Å². The third kappa shape index (κ3) is 4.28. The zero-order chi connectivity index (χ0) is 21.8. The van der Waals surface area contributed by atoms with Gasteiger partial charge >= 0.3 is 0 Å². The number of thiazole rings is 1. The fraction of sp³-hybridized carbons (Fsp3) is 0.300. The third-order valence-electron chi connectivity index (χ3n) is 3.91. The number of hydrogen-bond donors (Lipinski definition) is 1. The molecule has 3 rings (SSSR count). The van der Waals surface area contributed by atoms with Gasteiger partial charge in [0.1, 0.15) is 5.52 Å². The summed E-state index contributed by atoms with van der Waals surface area (Å²) in [5, 5.41) is 2.50. The number of carbonyl (C=O) groups is 1. The van der Waals surface area contributed by atoms with Crippen LogP contribution in [0.25, 0.3) is 10.2 Å². The first-order valence-corrected chi connectivity index (χ1v) is 10.0. The molecular weight excluding hydrogens is 421 g/mol. The smallest absolute Gasteiger partial charge is 0.257 e. The molecule has 0 aliphatic heterocycles. The van der Waals surface area contributed by atoms with Crippen LogP contribution in [0.15, 0.2) is 18.2 Å². The van der Waals surface area contributed by atoms with E-state index in [1.165, 1.54) is 12.1 Å². The molecule has 0 bridgehead atoms. The monoisotopic (exact) mass is 440 g/mol. The Balaban J connectivity index is 1.96. The molecule has 6 nitrogen and oxygen atoms in total. The summed E-state index contributed by atoms with van der Waals surface area (Å²) in [6.07, 6.45) is 0. The zero-order valence-electron chi connectivity index (χ0n) is 16.5. The van der Waals surface area contributed by atoms with Crippen molar-refractivity contribution in [2.45, 2.75) is 20.8 Å². The van der Waals surface area contributed by atoms with Crippen molar-refractivity contribution < 1.29 is 32.2 Å². The SMILES string of the molecule is CCOc1cc(C(=O)Nc2nc3c(F)c(F)c(F)cc3s2)cc(OCC)c1OCC. The molecule has 0 saturated heterocycles. The number of fused-ring (bicyclic) bond motifs is 1. The van der Waals surface area contributed by atoms with Gasteiger partial charge in [-0.1, -0.05) is 11.3 Å². The second kappa shape index (κ2) is 9.21. The Morgan fingerprint density at radius 1 is 0.967 bits per heavy atom. The largest absolute Gasteiger partial charge is 0.490 e. The van der Waals surface area contributed by atoms with Crippen LogP contribution < -0.4 is 19.5 Å². The van der Waals surface area contributed by atoms with Crippen molar-refractivity contribution in [3.8, 4) is 17.2 Å². The molecule has 1 N–H and O–H groups in total. The van der Waals surface area contributed by atoms with E-state index in [-0.39, 0.29) is 20.9 Å². The van der Waals surface area contributed by atoms with Crippen LogP contribution in [0.3, 0.4) is 0 Å². The number of halogens is 3. The molecule has 0 spiro atoms. The number of amides is 1. The van der Waals surface area contributed by atoms with E-state index < -0.39 is 23.4 Å². The van der Waals surface area contributed by atoms with E-state index >= 15 is 0 Å². The molecule has 2 aromatic carbocycles. The first-order chi connectivity index (χ1) is 14.4. The Labute approximate surface area is 174 Å². The maximum absolute atomic E-state index is 13.9. The number of benzene rings is 2. The van der Waals surface area contributed by atoms with Crippen LogP contribution >= 0.6 is 11.3 Å². The van der Waals surface area contributed by atoms with Crippen LogP contribution in [0, 0.1) is 17.5 Å². The van der Waals surface area contributed by atoms with Crippen molar-refractivity contribution in [2.24, 2.45) is 0 Å². The lowest BCUT2D eigenvalue weighted by atomic mass is 10.1. The third-order valence-corrected chi connectivity index (χ3v) is 4.83. The van der Waals surface area contributed by atoms with Gasteiger partial charge in [0.15, 0.2) is 34.1 Å². The average molecular weight is 440 g/mol. The van der Waals surface area contributed by atoms with E-state index in [4.69, 9.17) is 14.2 Å². The molecule has 0 atom stereocenters. The standard InChI is InChI=1S/C20H19F3N2O4S/c1-4-27-12-7-10(8-13(28-5-2)18(12)29-6-3)19(26)25-20-24-17-14(30-20)9-11(21)15(22)16(17)23/h7-9H,4-6H2,1-3H3,(H,24,25,26). The van der Waals surface area contributed by atoms with E-state index in [0.717, 1.165) is 17.4 Å². The van der Waals surface area contributed by atoms with Crippen LogP contribution in [-0.2, 0) is 0 Å².